The molecule has 2 rings (SSSR count). The third-order valence-electron chi connectivity index (χ3n) is 1.90. The number of nitrogens with zero attached hydrogens (tertiary/aromatic N) is 1. The number of rotatable bonds is 3. The fraction of sp³-hybridized carbons (Fsp3) is 0.300. The molecule has 0 saturated heterocycles. The van der Waals surface area contributed by atoms with Crippen LogP contribution in [-0.4, -0.2) is 18.6 Å². The van der Waals surface area contributed by atoms with Crippen molar-refractivity contribution >= 4 is 26.7 Å². The largest absolute Gasteiger partial charge is 0.492 e. The van der Waals surface area contributed by atoms with Crippen LogP contribution in [0.3, 0.4) is 0 Å². The van der Waals surface area contributed by atoms with Crippen molar-refractivity contribution in [1.82, 2.24) is 4.98 Å². The van der Waals surface area contributed by atoms with Gasteiger partial charge in [-0.25, -0.2) is 4.98 Å². The summed E-state index contributed by atoms with van der Waals surface area (Å²) in [6, 6.07) is 5.99. The van der Waals surface area contributed by atoms with E-state index in [1.807, 2.05) is 26.1 Å². The highest BCUT2D eigenvalue weighted by Gasteiger charge is 2.06. The van der Waals surface area contributed by atoms with E-state index in [-0.39, 0.29) is 0 Å². The zero-order valence-corrected chi connectivity index (χ0v) is 9.02. The van der Waals surface area contributed by atoms with E-state index in [4.69, 9.17) is 4.74 Å². The van der Waals surface area contributed by atoms with Crippen LogP contribution in [0.25, 0.3) is 10.2 Å². The summed E-state index contributed by atoms with van der Waals surface area (Å²) in [5.74, 6) is 0.864. The molecule has 0 aliphatic carbocycles. The number of thiazole rings is 1. The van der Waals surface area contributed by atoms with Gasteiger partial charge < -0.3 is 10.1 Å². The lowest BCUT2D eigenvalue weighted by atomic mass is 10.3. The average Bonchev–Trinajstić information content (AvgIpc) is 2.62. The van der Waals surface area contributed by atoms with Gasteiger partial charge in [-0.05, 0) is 19.1 Å². The predicted molar refractivity (Wildman–Crippen MR) is 60.3 cm³/mol. The molecule has 1 aromatic carbocycles. The molecule has 0 aliphatic rings. The second-order valence-electron chi connectivity index (χ2n) is 2.80. The van der Waals surface area contributed by atoms with Gasteiger partial charge in [-0.15, -0.1) is 0 Å². The normalized spacial score (nSPS) is 10.4. The summed E-state index contributed by atoms with van der Waals surface area (Å²) in [6.45, 7) is 2.65. The number of benzene rings is 1. The summed E-state index contributed by atoms with van der Waals surface area (Å²) < 4.78 is 6.65. The lowest BCUT2D eigenvalue weighted by Crippen LogP contribution is -1.92. The van der Waals surface area contributed by atoms with Crippen molar-refractivity contribution in [1.29, 1.82) is 0 Å². The Kier molecular flexibility index (Phi) is 2.54. The van der Waals surface area contributed by atoms with Crippen LogP contribution in [0.5, 0.6) is 5.75 Å². The second-order valence-corrected chi connectivity index (χ2v) is 3.84. The van der Waals surface area contributed by atoms with E-state index in [2.05, 4.69) is 16.4 Å². The minimum atomic E-state index is 0.672. The zero-order chi connectivity index (χ0) is 9.97. The molecule has 0 atom stereocenters. The van der Waals surface area contributed by atoms with Crippen LogP contribution in [0.2, 0.25) is 0 Å². The summed E-state index contributed by atoms with van der Waals surface area (Å²) >= 11 is 1.64. The van der Waals surface area contributed by atoms with Gasteiger partial charge in [0.05, 0.1) is 11.3 Å². The van der Waals surface area contributed by atoms with Crippen molar-refractivity contribution in [3.63, 3.8) is 0 Å². The molecule has 1 aromatic heterocycles. The Morgan fingerprint density at radius 1 is 1.50 bits per heavy atom. The van der Waals surface area contributed by atoms with Crippen LogP contribution in [0.4, 0.5) is 5.13 Å². The average molecular weight is 208 g/mol. The minimum absolute atomic E-state index is 0.672. The van der Waals surface area contributed by atoms with Crippen molar-refractivity contribution in [2.24, 2.45) is 0 Å². The molecule has 0 aliphatic heterocycles. The monoisotopic (exact) mass is 208 g/mol. The van der Waals surface area contributed by atoms with Crippen molar-refractivity contribution in [3.05, 3.63) is 18.2 Å². The predicted octanol–water partition coefficient (Wildman–Crippen LogP) is 2.74. The summed E-state index contributed by atoms with van der Waals surface area (Å²) in [7, 11) is 1.87. The number of fused-ring (bicyclic) bond motifs is 1. The van der Waals surface area contributed by atoms with Crippen LogP contribution in [0, 0.1) is 0 Å². The topological polar surface area (TPSA) is 34.1 Å². The maximum Gasteiger partial charge on any atom is 0.183 e. The van der Waals surface area contributed by atoms with Gasteiger partial charge in [0.25, 0.3) is 0 Å². The van der Waals surface area contributed by atoms with Crippen LogP contribution in [0.1, 0.15) is 6.92 Å². The Hall–Kier alpha value is -1.29. The van der Waals surface area contributed by atoms with Crippen molar-refractivity contribution in [2.45, 2.75) is 6.92 Å². The Balaban J connectivity index is 2.55. The fourth-order valence-electron chi connectivity index (χ4n) is 1.30. The zero-order valence-electron chi connectivity index (χ0n) is 8.20. The standard InChI is InChI=1S/C10H12N2OS/c1-3-13-7-5-4-6-8-9(7)12-10(11-2)14-8/h4-6H,3H2,1-2H3,(H,11,12). The smallest absolute Gasteiger partial charge is 0.183 e. The van der Waals surface area contributed by atoms with E-state index in [0.29, 0.717) is 6.61 Å². The quantitative estimate of drug-likeness (QED) is 0.842. The van der Waals surface area contributed by atoms with E-state index in [0.717, 1.165) is 21.1 Å². The lowest BCUT2D eigenvalue weighted by molar-refractivity contribution is 0.344. The summed E-state index contributed by atoms with van der Waals surface area (Å²) in [5.41, 5.74) is 0.948. The Morgan fingerprint density at radius 3 is 3.07 bits per heavy atom. The third-order valence-corrected chi connectivity index (χ3v) is 2.93. The molecule has 0 amide bonds. The molecule has 2 aromatic rings. The summed E-state index contributed by atoms with van der Waals surface area (Å²) in [6.07, 6.45) is 0. The van der Waals surface area contributed by atoms with Gasteiger partial charge in [0.15, 0.2) is 5.13 Å². The highest BCUT2D eigenvalue weighted by atomic mass is 32.1. The first-order valence-corrected chi connectivity index (χ1v) is 5.37. The molecule has 0 unspecified atom stereocenters. The van der Waals surface area contributed by atoms with E-state index in [1.54, 1.807) is 11.3 Å². The van der Waals surface area contributed by atoms with Crippen LogP contribution >= 0.6 is 11.3 Å². The lowest BCUT2D eigenvalue weighted by Gasteiger charge is -2.01. The van der Waals surface area contributed by atoms with Crippen LogP contribution in [0.15, 0.2) is 18.2 Å². The summed E-state index contributed by atoms with van der Waals surface area (Å²) in [4.78, 5) is 4.43. The van der Waals surface area contributed by atoms with Gasteiger partial charge in [0.1, 0.15) is 11.3 Å². The molecule has 0 radical (unpaired) electrons. The number of aromatic nitrogens is 1. The Bertz CT molecular complexity index is 439. The summed E-state index contributed by atoms with van der Waals surface area (Å²) in [5, 5.41) is 3.96. The number of nitrogens with one attached hydrogen (secondary N) is 1. The molecule has 1 heterocycles. The molecule has 0 bridgehead atoms. The van der Waals surface area contributed by atoms with E-state index >= 15 is 0 Å². The molecule has 0 spiro atoms. The molecular weight excluding hydrogens is 196 g/mol. The van der Waals surface area contributed by atoms with E-state index in [1.165, 1.54) is 0 Å². The number of anilines is 1. The molecule has 4 heteroatoms. The van der Waals surface area contributed by atoms with Gasteiger partial charge >= 0.3 is 0 Å². The van der Waals surface area contributed by atoms with Crippen molar-refractivity contribution in [2.75, 3.05) is 19.0 Å². The highest BCUT2D eigenvalue weighted by molar-refractivity contribution is 7.22. The maximum absolute atomic E-state index is 5.49. The van der Waals surface area contributed by atoms with Gasteiger partial charge in [-0.3, -0.25) is 0 Å². The fourth-order valence-corrected chi connectivity index (χ4v) is 2.14. The van der Waals surface area contributed by atoms with Gasteiger partial charge in [0.2, 0.25) is 0 Å². The van der Waals surface area contributed by atoms with Crippen molar-refractivity contribution < 1.29 is 4.74 Å². The third kappa shape index (κ3) is 1.53. The molecule has 14 heavy (non-hydrogen) atoms. The van der Waals surface area contributed by atoms with Crippen molar-refractivity contribution in [3.8, 4) is 5.75 Å². The maximum atomic E-state index is 5.49. The number of hydrogen-bond donors (Lipinski definition) is 1. The van der Waals surface area contributed by atoms with Gasteiger partial charge in [0, 0.05) is 7.05 Å². The van der Waals surface area contributed by atoms with Gasteiger partial charge in [-0.1, -0.05) is 17.4 Å². The van der Waals surface area contributed by atoms with E-state index < -0.39 is 0 Å². The van der Waals surface area contributed by atoms with Crippen LogP contribution in [-0.2, 0) is 0 Å². The molecular formula is C10H12N2OS. The molecule has 74 valence electrons. The SMILES string of the molecule is CCOc1cccc2sc(NC)nc12. The minimum Gasteiger partial charge on any atom is -0.492 e. The van der Waals surface area contributed by atoms with E-state index in [9.17, 15) is 0 Å². The first-order valence-electron chi connectivity index (χ1n) is 4.55. The first kappa shape index (κ1) is 9.27. The highest BCUT2D eigenvalue weighted by Crippen LogP contribution is 2.31. The van der Waals surface area contributed by atoms with Crippen LogP contribution < -0.4 is 10.1 Å². The molecule has 0 fully saturated rings. The number of para-hydroxylation sites is 1. The number of hydrogen-bond acceptors (Lipinski definition) is 4. The molecule has 1 N–H and O–H groups in total. The first-order chi connectivity index (χ1) is 6.85. The number of ether oxygens (including phenoxy) is 1. The Labute approximate surface area is 86.7 Å². The molecule has 3 nitrogen and oxygen atoms in total. The van der Waals surface area contributed by atoms with Gasteiger partial charge in [-0.2, -0.15) is 0 Å². The Morgan fingerprint density at radius 2 is 2.36 bits per heavy atom. The second kappa shape index (κ2) is 3.84. The molecule has 0 saturated carbocycles.